The standard InChI is InChI=1S/C20H24BrNO5/c1-14(10-11-23)19(15-2-8-18(9-3-15)26-13-12-24)27-20(25)22-17-6-4-16(21)5-7-17/h2-9,14,19,23-24H,10-13H2,1H3,(H,22,25)/t14-,19+/m0/s1. The number of carbonyl (C=O) groups is 1. The van der Waals surface area contributed by atoms with Crippen molar-refractivity contribution >= 4 is 27.7 Å². The molecule has 6 nitrogen and oxygen atoms in total. The molecule has 27 heavy (non-hydrogen) atoms. The van der Waals surface area contributed by atoms with Crippen molar-refractivity contribution in [3.63, 3.8) is 0 Å². The van der Waals surface area contributed by atoms with Crippen molar-refractivity contribution in [1.29, 1.82) is 0 Å². The Balaban J connectivity index is 2.08. The van der Waals surface area contributed by atoms with Gasteiger partial charge in [0.25, 0.3) is 0 Å². The van der Waals surface area contributed by atoms with Gasteiger partial charge in [-0.05, 0) is 54.3 Å². The largest absolute Gasteiger partial charge is 0.491 e. The topological polar surface area (TPSA) is 88.0 Å². The minimum absolute atomic E-state index is 0.00700. The van der Waals surface area contributed by atoms with Gasteiger partial charge in [-0.1, -0.05) is 35.0 Å². The lowest BCUT2D eigenvalue weighted by atomic mass is 9.94. The van der Waals surface area contributed by atoms with Gasteiger partial charge in [-0.3, -0.25) is 5.32 Å². The second-order valence-corrected chi connectivity index (χ2v) is 7.00. The lowest BCUT2D eigenvalue weighted by molar-refractivity contribution is 0.0667. The van der Waals surface area contributed by atoms with Crippen molar-refractivity contribution in [2.24, 2.45) is 5.92 Å². The molecule has 0 spiro atoms. The van der Waals surface area contributed by atoms with Crippen LogP contribution in [0.1, 0.15) is 25.0 Å². The molecule has 0 saturated heterocycles. The van der Waals surface area contributed by atoms with E-state index in [2.05, 4.69) is 21.2 Å². The van der Waals surface area contributed by atoms with E-state index >= 15 is 0 Å². The third-order valence-corrected chi connectivity index (χ3v) is 4.52. The van der Waals surface area contributed by atoms with Gasteiger partial charge in [-0.25, -0.2) is 4.79 Å². The van der Waals surface area contributed by atoms with Crippen molar-refractivity contribution in [3.05, 3.63) is 58.6 Å². The van der Waals surface area contributed by atoms with Crippen LogP contribution in [0.4, 0.5) is 10.5 Å². The monoisotopic (exact) mass is 437 g/mol. The molecule has 0 aliphatic rings. The second kappa shape index (κ2) is 10.9. The molecule has 0 aliphatic heterocycles. The van der Waals surface area contributed by atoms with Crippen LogP contribution in [0.25, 0.3) is 0 Å². The smallest absolute Gasteiger partial charge is 0.412 e. The Bertz CT molecular complexity index is 705. The van der Waals surface area contributed by atoms with Gasteiger partial charge in [0.1, 0.15) is 18.5 Å². The molecule has 0 heterocycles. The highest BCUT2D eigenvalue weighted by atomic mass is 79.9. The molecule has 0 unspecified atom stereocenters. The zero-order valence-electron chi connectivity index (χ0n) is 15.1. The summed E-state index contributed by atoms with van der Waals surface area (Å²) in [6, 6.07) is 14.4. The molecule has 0 bridgehead atoms. The number of rotatable bonds is 9. The van der Waals surface area contributed by atoms with Gasteiger partial charge in [-0.15, -0.1) is 0 Å². The number of amides is 1. The predicted molar refractivity (Wildman–Crippen MR) is 107 cm³/mol. The molecule has 3 N–H and O–H groups in total. The Morgan fingerprint density at radius 3 is 2.33 bits per heavy atom. The Labute approximate surface area is 167 Å². The van der Waals surface area contributed by atoms with E-state index in [1.54, 1.807) is 24.3 Å². The Hall–Kier alpha value is -2.09. The highest BCUT2D eigenvalue weighted by Gasteiger charge is 2.23. The van der Waals surface area contributed by atoms with Crippen LogP contribution in [-0.2, 0) is 4.74 Å². The van der Waals surface area contributed by atoms with Crippen LogP contribution in [0.15, 0.2) is 53.0 Å². The molecule has 146 valence electrons. The number of halogens is 1. The molecule has 2 aromatic rings. The summed E-state index contributed by atoms with van der Waals surface area (Å²) >= 11 is 3.35. The van der Waals surface area contributed by atoms with E-state index in [0.29, 0.717) is 17.9 Å². The van der Waals surface area contributed by atoms with Gasteiger partial charge in [0.2, 0.25) is 0 Å². The average molecular weight is 438 g/mol. The SMILES string of the molecule is C[C@@H](CCO)[C@@H](OC(=O)Nc1ccc(Br)cc1)c1ccc(OCCO)cc1. The summed E-state index contributed by atoms with van der Waals surface area (Å²) in [5.41, 5.74) is 1.43. The van der Waals surface area contributed by atoms with Crippen molar-refractivity contribution in [2.75, 3.05) is 25.1 Å². The van der Waals surface area contributed by atoms with Crippen LogP contribution in [0.3, 0.4) is 0 Å². The molecule has 7 heteroatoms. The fourth-order valence-electron chi connectivity index (χ4n) is 2.58. The van der Waals surface area contributed by atoms with Gasteiger partial charge in [0.05, 0.1) is 6.61 Å². The zero-order chi connectivity index (χ0) is 19.6. The number of anilines is 1. The number of carbonyl (C=O) groups excluding carboxylic acids is 1. The third-order valence-electron chi connectivity index (χ3n) is 3.99. The summed E-state index contributed by atoms with van der Waals surface area (Å²) < 4.78 is 11.9. The van der Waals surface area contributed by atoms with E-state index in [-0.39, 0.29) is 25.7 Å². The minimum atomic E-state index is -0.562. The molecule has 2 aromatic carbocycles. The third kappa shape index (κ3) is 6.86. The van der Waals surface area contributed by atoms with Gasteiger partial charge in [0.15, 0.2) is 0 Å². The number of nitrogens with one attached hydrogen (secondary N) is 1. The van der Waals surface area contributed by atoms with Crippen molar-refractivity contribution in [1.82, 2.24) is 0 Å². The van der Waals surface area contributed by atoms with Gasteiger partial charge in [0, 0.05) is 16.8 Å². The van der Waals surface area contributed by atoms with Crippen LogP contribution in [0, 0.1) is 5.92 Å². The van der Waals surface area contributed by atoms with E-state index in [9.17, 15) is 9.90 Å². The van der Waals surface area contributed by atoms with E-state index in [1.807, 2.05) is 31.2 Å². The van der Waals surface area contributed by atoms with E-state index in [4.69, 9.17) is 14.6 Å². The second-order valence-electron chi connectivity index (χ2n) is 6.09. The summed E-state index contributed by atoms with van der Waals surface area (Å²) in [5.74, 6) is 0.551. The number of ether oxygens (including phenoxy) is 2. The summed E-state index contributed by atoms with van der Waals surface area (Å²) in [4.78, 5) is 12.3. The van der Waals surface area contributed by atoms with Crippen molar-refractivity contribution in [2.45, 2.75) is 19.4 Å². The molecule has 0 fully saturated rings. The molecule has 0 aromatic heterocycles. The highest BCUT2D eigenvalue weighted by Crippen LogP contribution is 2.30. The maximum atomic E-state index is 12.3. The molecule has 0 aliphatic carbocycles. The first kappa shape index (κ1) is 21.2. The Morgan fingerprint density at radius 1 is 1.07 bits per heavy atom. The van der Waals surface area contributed by atoms with E-state index < -0.39 is 12.2 Å². The number of aliphatic hydroxyl groups is 2. The Morgan fingerprint density at radius 2 is 1.74 bits per heavy atom. The van der Waals surface area contributed by atoms with Crippen LogP contribution in [-0.4, -0.2) is 36.1 Å². The molecular formula is C20H24BrNO5. The summed E-state index contributed by atoms with van der Waals surface area (Å²) in [6.45, 7) is 2.09. The fourth-order valence-corrected chi connectivity index (χ4v) is 2.85. The number of hydrogen-bond acceptors (Lipinski definition) is 5. The summed E-state index contributed by atoms with van der Waals surface area (Å²) in [5, 5.41) is 20.8. The summed E-state index contributed by atoms with van der Waals surface area (Å²) in [6.07, 6.45) is -0.578. The predicted octanol–water partition coefficient (Wildman–Crippen LogP) is 4.13. The molecular weight excluding hydrogens is 414 g/mol. The molecule has 2 atom stereocenters. The van der Waals surface area contributed by atoms with E-state index in [0.717, 1.165) is 10.0 Å². The number of aliphatic hydroxyl groups excluding tert-OH is 2. The maximum Gasteiger partial charge on any atom is 0.412 e. The molecule has 2 rings (SSSR count). The normalized spacial score (nSPS) is 12.9. The van der Waals surface area contributed by atoms with Gasteiger partial charge >= 0.3 is 6.09 Å². The van der Waals surface area contributed by atoms with Crippen LogP contribution >= 0.6 is 15.9 Å². The lowest BCUT2D eigenvalue weighted by Crippen LogP contribution is -2.22. The fraction of sp³-hybridized carbons (Fsp3) is 0.350. The van der Waals surface area contributed by atoms with Crippen LogP contribution in [0.5, 0.6) is 5.75 Å². The van der Waals surface area contributed by atoms with E-state index in [1.165, 1.54) is 0 Å². The number of benzene rings is 2. The first-order chi connectivity index (χ1) is 13.0. The number of hydrogen-bond donors (Lipinski definition) is 3. The lowest BCUT2D eigenvalue weighted by Gasteiger charge is -2.24. The zero-order valence-corrected chi connectivity index (χ0v) is 16.7. The first-order valence-corrected chi connectivity index (χ1v) is 9.50. The Kier molecular flexibility index (Phi) is 8.57. The van der Waals surface area contributed by atoms with Crippen molar-refractivity contribution < 1.29 is 24.5 Å². The summed E-state index contributed by atoms with van der Waals surface area (Å²) in [7, 11) is 0. The highest BCUT2D eigenvalue weighted by molar-refractivity contribution is 9.10. The average Bonchev–Trinajstić information content (AvgIpc) is 2.67. The quantitative estimate of drug-likeness (QED) is 0.548. The van der Waals surface area contributed by atoms with Crippen molar-refractivity contribution in [3.8, 4) is 5.75 Å². The maximum absolute atomic E-state index is 12.3. The first-order valence-electron chi connectivity index (χ1n) is 8.71. The molecule has 0 saturated carbocycles. The van der Waals surface area contributed by atoms with Crippen LogP contribution < -0.4 is 10.1 Å². The van der Waals surface area contributed by atoms with Gasteiger partial charge in [-0.2, -0.15) is 0 Å². The minimum Gasteiger partial charge on any atom is -0.491 e. The molecule has 1 amide bonds. The molecule has 0 radical (unpaired) electrons. The van der Waals surface area contributed by atoms with Crippen LogP contribution in [0.2, 0.25) is 0 Å². The van der Waals surface area contributed by atoms with Gasteiger partial charge < -0.3 is 19.7 Å².